The number of rotatable bonds is 11. The van der Waals surface area contributed by atoms with Crippen LogP contribution in [0.3, 0.4) is 0 Å². The Labute approximate surface area is 232 Å². The lowest BCUT2D eigenvalue weighted by atomic mass is 9.85. The minimum Gasteiger partial charge on any atom is -0.485 e. The van der Waals surface area contributed by atoms with Crippen LogP contribution in [-0.2, 0) is 4.79 Å². The van der Waals surface area contributed by atoms with E-state index in [-0.39, 0.29) is 41.3 Å². The molecule has 3 aromatic rings. The number of benzene rings is 3. The molecule has 3 rings (SSSR count). The lowest BCUT2D eigenvalue weighted by Gasteiger charge is -2.30. The molecule has 204 valence electrons. The van der Waals surface area contributed by atoms with Crippen LogP contribution in [0.5, 0.6) is 5.75 Å². The highest BCUT2D eigenvalue weighted by atomic mass is 35.5. The molecular weight excluding hydrogens is 556 g/mol. The van der Waals surface area contributed by atoms with Crippen LogP contribution in [0.2, 0.25) is 10.0 Å². The highest BCUT2D eigenvalue weighted by Gasteiger charge is 2.34. The van der Waals surface area contributed by atoms with Crippen molar-refractivity contribution in [1.82, 2.24) is 5.32 Å². The predicted octanol–water partition coefficient (Wildman–Crippen LogP) is 7.32. The van der Waals surface area contributed by atoms with Crippen molar-refractivity contribution in [3.63, 3.8) is 0 Å². The van der Waals surface area contributed by atoms with E-state index in [0.29, 0.717) is 16.1 Å². The molecule has 0 heterocycles. The quantitative estimate of drug-likeness (QED) is 0.248. The van der Waals surface area contributed by atoms with Crippen molar-refractivity contribution in [2.24, 2.45) is 0 Å². The van der Waals surface area contributed by atoms with Gasteiger partial charge in [0.1, 0.15) is 11.9 Å². The summed E-state index contributed by atoms with van der Waals surface area (Å²) in [6, 6.07) is 18.8. The standard InChI is InChI=1S/C28H23Cl2F3N2O4/c29-21-7-5-19(6-8-21)26(39-23-14-17(16-34)13-22(30)15-23)24(9-11-28(31,32)33)18-1-3-20(4-2-18)27(38)35-12-10-25(36)37/h1-8,13-15,24,26H,9-12H2,(H,35,38)(H,36,37). The summed E-state index contributed by atoms with van der Waals surface area (Å²) in [4.78, 5) is 23.0. The van der Waals surface area contributed by atoms with E-state index in [1.165, 1.54) is 42.5 Å². The van der Waals surface area contributed by atoms with Crippen molar-refractivity contribution >= 4 is 35.1 Å². The summed E-state index contributed by atoms with van der Waals surface area (Å²) in [6.45, 7) is -0.0685. The average Bonchev–Trinajstić information content (AvgIpc) is 2.87. The highest BCUT2D eigenvalue weighted by molar-refractivity contribution is 6.31. The lowest BCUT2D eigenvalue weighted by molar-refractivity contribution is -0.138. The number of alkyl halides is 3. The Bertz CT molecular complexity index is 1340. The van der Waals surface area contributed by atoms with Gasteiger partial charge in [0.25, 0.3) is 5.91 Å². The molecule has 0 fully saturated rings. The fourth-order valence-electron chi connectivity index (χ4n) is 3.96. The van der Waals surface area contributed by atoms with Gasteiger partial charge < -0.3 is 15.2 Å². The fourth-order valence-corrected chi connectivity index (χ4v) is 4.31. The Morgan fingerprint density at radius 1 is 0.974 bits per heavy atom. The number of carbonyl (C=O) groups excluding carboxylic acids is 1. The largest absolute Gasteiger partial charge is 0.485 e. The maximum atomic E-state index is 13.4. The summed E-state index contributed by atoms with van der Waals surface area (Å²) in [5.74, 6) is -2.21. The van der Waals surface area contributed by atoms with Crippen LogP contribution in [0.25, 0.3) is 0 Å². The Morgan fingerprint density at radius 2 is 1.62 bits per heavy atom. The molecule has 1 amide bonds. The van der Waals surface area contributed by atoms with Crippen molar-refractivity contribution in [3.05, 3.63) is 99.0 Å². The van der Waals surface area contributed by atoms with E-state index < -0.39 is 36.5 Å². The minimum absolute atomic E-state index is 0.0685. The van der Waals surface area contributed by atoms with Gasteiger partial charge >= 0.3 is 12.1 Å². The zero-order valence-electron chi connectivity index (χ0n) is 20.3. The summed E-state index contributed by atoms with van der Waals surface area (Å²) in [6.07, 6.45) is -7.06. The molecule has 39 heavy (non-hydrogen) atoms. The number of amides is 1. The number of hydrogen-bond donors (Lipinski definition) is 2. The number of hydrogen-bond acceptors (Lipinski definition) is 4. The molecule has 0 aromatic heterocycles. The monoisotopic (exact) mass is 578 g/mol. The molecule has 0 saturated carbocycles. The first-order valence-corrected chi connectivity index (χ1v) is 12.5. The third kappa shape index (κ3) is 9.20. The number of carboxylic acid groups (broad SMARTS) is 1. The van der Waals surface area contributed by atoms with Crippen LogP contribution >= 0.6 is 23.2 Å². The van der Waals surface area contributed by atoms with Gasteiger partial charge in [0.2, 0.25) is 0 Å². The van der Waals surface area contributed by atoms with Gasteiger partial charge in [0.15, 0.2) is 0 Å². The second-order valence-electron chi connectivity index (χ2n) is 8.66. The normalized spacial score (nSPS) is 12.7. The summed E-state index contributed by atoms with van der Waals surface area (Å²) in [7, 11) is 0. The number of carbonyl (C=O) groups is 2. The SMILES string of the molecule is N#Cc1cc(Cl)cc(OC(c2ccc(Cl)cc2)C(CCC(F)(F)F)c2ccc(C(=O)NCCC(=O)O)cc2)c1. The molecular formula is C28H23Cl2F3N2O4. The van der Waals surface area contributed by atoms with E-state index in [4.69, 9.17) is 33.0 Å². The third-order valence-electron chi connectivity index (χ3n) is 5.79. The second-order valence-corrected chi connectivity index (χ2v) is 9.53. The van der Waals surface area contributed by atoms with Gasteiger partial charge in [-0.3, -0.25) is 9.59 Å². The van der Waals surface area contributed by atoms with Crippen LogP contribution in [0, 0.1) is 11.3 Å². The van der Waals surface area contributed by atoms with E-state index in [9.17, 15) is 28.0 Å². The van der Waals surface area contributed by atoms with Crippen LogP contribution in [-0.4, -0.2) is 29.7 Å². The molecule has 2 atom stereocenters. The topological polar surface area (TPSA) is 99.4 Å². The maximum Gasteiger partial charge on any atom is 0.389 e. The zero-order valence-corrected chi connectivity index (χ0v) is 21.9. The Kier molecular flexibility index (Phi) is 10.2. The average molecular weight is 579 g/mol. The molecule has 0 spiro atoms. The van der Waals surface area contributed by atoms with Gasteiger partial charge in [0.05, 0.1) is 18.1 Å². The van der Waals surface area contributed by atoms with Crippen molar-refractivity contribution in [1.29, 1.82) is 5.26 Å². The minimum atomic E-state index is -4.43. The van der Waals surface area contributed by atoms with E-state index >= 15 is 0 Å². The number of ether oxygens (including phenoxy) is 1. The maximum absolute atomic E-state index is 13.4. The first-order valence-electron chi connectivity index (χ1n) is 11.7. The number of halogens is 5. The zero-order chi connectivity index (χ0) is 28.6. The molecule has 0 aliphatic carbocycles. The lowest BCUT2D eigenvalue weighted by Crippen LogP contribution is -2.26. The van der Waals surface area contributed by atoms with E-state index in [0.717, 1.165) is 0 Å². The number of carboxylic acids is 1. The summed E-state index contributed by atoms with van der Waals surface area (Å²) in [5, 5.41) is 21.2. The van der Waals surface area contributed by atoms with E-state index in [2.05, 4.69) is 5.32 Å². The van der Waals surface area contributed by atoms with E-state index in [1.807, 2.05) is 6.07 Å². The van der Waals surface area contributed by atoms with Crippen molar-refractivity contribution in [2.75, 3.05) is 6.54 Å². The predicted molar refractivity (Wildman–Crippen MR) is 140 cm³/mol. The van der Waals surface area contributed by atoms with Crippen molar-refractivity contribution in [3.8, 4) is 11.8 Å². The van der Waals surface area contributed by atoms with Crippen LogP contribution in [0.15, 0.2) is 66.7 Å². The summed E-state index contributed by atoms with van der Waals surface area (Å²) >= 11 is 12.2. The number of aliphatic carboxylic acids is 1. The molecule has 0 bridgehead atoms. The smallest absolute Gasteiger partial charge is 0.389 e. The number of nitriles is 1. The molecule has 0 radical (unpaired) electrons. The Hall–Kier alpha value is -3.74. The molecule has 0 aliphatic heterocycles. The molecule has 2 N–H and O–H groups in total. The molecule has 6 nitrogen and oxygen atoms in total. The van der Waals surface area contributed by atoms with Gasteiger partial charge in [-0.2, -0.15) is 18.4 Å². The third-order valence-corrected chi connectivity index (χ3v) is 6.26. The molecule has 3 aromatic carbocycles. The van der Waals surface area contributed by atoms with Crippen LogP contribution < -0.4 is 10.1 Å². The molecule has 0 saturated heterocycles. The van der Waals surface area contributed by atoms with Gasteiger partial charge in [0, 0.05) is 34.5 Å². The molecule has 11 heteroatoms. The van der Waals surface area contributed by atoms with Crippen LogP contribution in [0.4, 0.5) is 13.2 Å². The number of nitrogens with zero attached hydrogens (tertiary/aromatic N) is 1. The van der Waals surface area contributed by atoms with E-state index in [1.54, 1.807) is 24.3 Å². The van der Waals surface area contributed by atoms with Gasteiger partial charge in [-0.1, -0.05) is 47.5 Å². The van der Waals surface area contributed by atoms with Crippen molar-refractivity contribution < 1.29 is 32.6 Å². The molecule has 2 unspecified atom stereocenters. The van der Waals surface area contributed by atoms with Gasteiger partial charge in [-0.15, -0.1) is 0 Å². The fraction of sp³-hybridized carbons (Fsp3) is 0.250. The first-order chi connectivity index (χ1) is 18.4. The Morgan fingerprint density at radius 3 is 2.21 bits per heavy atom. The Balaban J connectivity index is 2.00. The second kappa shape index (κ2) is 13.4. The van der Waals surface area contributed by atoms with Gasteiger partial charge in [-0.25, -0.2) is 0 Å². The van der Waals surface area contributed by atoms with Crippen LogP contribution in [0.1, 0.15) is 58.3 Å². The highest BCUT2D eigenvalue weighted by Crippen LogP contribution is 2.41. The first kappa shape index (κ1) is 29.8. The molecule has 0 aliphatic rings. The summed E-state index contributed by atoms with van der Waals surface area (Å²) < 4.78 is 46.3. The number of nitrogens with one attached hydrogen (secondary N) is 1. The van der Waals surface area contributed by atoms with Gasteiger partial charge in [-0.05, 0) is 60.0 Å². The summed E-state index contributed by atoms with van der Waals surface area (Å²) in [5.41, 5.74) is 1.46. The van der Waals surface area contributed by atoms with Crippen molar-refractivity contribution in [2.45, 2.75) is 37.5 Å².